The molecule has 1 amide bonds. The lowest BCUT2D eigenvalue weighted by Crippen LogP contribution is -2.26. The Balaban J connectivity index is -0.000000362. The molecule has 0 unspecified atom stereocenters. The predicted octanol–water partition coefficient (Wildman–Crippen LogP) is 8.07. The van der Waals surface area contributed by atoms with E-state index < -0.39 is 29.7 Å². The zero-order chi connectivity index (χ0) is 30.0. The number of Topliss-reactive ketones (excluding diaryl/α,β-unsaturated/α-hetero) is 1. The highest BCUT2D eigenvalue weighted by Crippen LogP contribution is 2.17. The van der Waals surface area contributed by atoms with Crippen LogP contribution in [0.5, 0.6) is 0 Å². The van der Waals surface area contributed by atoms with Crippen molar-refractivity contribution in [1.29, 1.82) is 0 Å². The summed E-state index contributed by atoms with van der Waals surface area (Å²) in [6, 6.07) is 0. The van der Waals surface area contributed by atoms with Crippen molar-refractivity contribution in [1.82, 2.24) is 5.32 Å². The third-order valence-corrected chi connectivity index (χ3v) is 7.45. The summed E-state index contributed by atoms with van der Waals surface area (Å²) < 4.78 is 0. The van der Waals surface area contributed by atoms with Gasteiger partial charge >= 0.3 is 17.9 Å². The number of hydrogen-bond donors (Lipinski definition) is 4. The molecule has 0 heterocycles. The third-order valence-electron chi connectivity index (χ3n) is 7.45. The van der Waals surface area contributed by atoms with Crippen LogP contribution in [0.3, 0.4) is 0 Å². The molecule has 4 N–H and O–H groups in total. The van der Waals surface area contributed by atoms with Gasteiger partial charge in [0.15, 0.2) is 0 Å². The Morgan fingerprint density at radius 1 is 0.511 bits per heavy atom. The first kappa shape index (κ1) is 65.1. The van der Waals surface area contributed by atoms with Crippen LogP contribution in [0.1, 0.15) is 156 Å². The summed E-state index contributed by atoms with van der Waals surface area (Å²) in [5, 5.41) is 29.7. The summed E-state index contributed by atoms with van der Waals surface area (Å²) in [5.74, 6) is -4.11. The maximum Gasteiger partial charge on any atom is 0.306 e. The second kappa shape index (κ2) is 45.6. The van der Waals surface area contributed by atoms with E-state index in [1.165, 1.54) is 44.9 Å². The van der Waals surface area contributed by atoms with Crippen LogP contribution in [0, 0.1) is 11.8 Å². The summed E-state index contributed by atoms with van der Waals surface area (Å²) in [4.78, 5) is 57.1. The minimum absolute atomic E-state index is 0. The topological polar surface area (TPSA) is 158 Å². The van der Waals surface area contributed by atoms with Gasteiger partial charge < -0.3 is 20.6 Å². The zero-order valence-corrected chi connectivity index (χ0v) is 33.8. The van der Waals surface area contributed by atoms with Crippen molar-refractivity contribution in [3.63, 3.8) is 0 Å². The first-order valence-electron chi connectivity index (χ1n) is 15.6. The zero-order valence-electron chi connectivity index (χ0n) is 27.8. The molecular formula is C32H71NO8S6. The van der Waals surface area contributed by atoms with Crippen molar-refractivity contribution in [3.8, 4) is 0 Å². The lowest BCUT2D eigenvalue weighted by molar-refractivity contribution is -0.144. The number of amides is 1. The Morgan fingerprint density at radius 2 is 0.915 bits per heavy atom. The van der Waals surface area contributed by atoms with Crippen LogP contribution in [0.25, 0.3) is 0 Å². The quantitative estimate of drug-likeness (QED) is 0.0554. The van der Waals surface area contributed by atoms with Gasteiger partial charge in [-0.1, -0.05) is 97.8 Å². The molecule has 15 heteroatoms. The Hall–Kier alpha value is -0.350. The number of carbonyl (C=O) groups excluding carboxylic acids is 2. The third kappa shape index (κ3) is 45.7. The standard InChI is InChI=1S/C31H55NO8.CH4.6H2S/c1-25(30(37)38)18-16-17-23-32-28(34)22-21-26(31(39)40)24-27(33)19-14-12-10-8-6-4-2-3-5-7-9-11-13-15-20-29(35)36;;;;;;;/h25-26H,2-24H2,1H3,(H,32,34)(H,35,36)(H,37,38)(H,39,40);1H4;6*1H2/t25-,26+;;;;;;;/m0......./s1. The van der Waals surface area contributed by atoms with Gasteiger partial charge in [0.2, 0.25) is 5.91 Å². The highest BCUT2D eigenvalue weighted by Gasteiger charge is 2.22. The molecular weight excluding hydrogens is 719 g/mol. The van der Waals surface area contributed by atoms with Gasteiger partial charge in [0.25, 0.3) is 0 Å². The largest absolute Gasteiger partial charge is 0.481 e. The van der Waals surface area contributed by atoms with Crippen molar-refractivity contribution in [2.24, 2.45) is 11.8 Å². The predicted molar refractivity (Wildman–Crippen MR) is 224 cm³/mol. The molecule has 2 atom stereocenters. The Bertz CT molecular complexity index is 750. The van der Waals surface area contributed by atoms with E-state index in [0.29, 0.717) is 32.2 Å². The summed E-state index contributed by atoms with van der Waals surface area (Å²) >= 11 is 0. The van der Waals surface area contributed by atoms with Gasteiger partial charge in [-0.3, -0.25) is 24.0 Å². The number of unbranched alkanes of at least 4 members (excludes halogenated alkanes) is 14. The van der Waals surface area contributed by atoms with E-state index in [4.69, 9.17) is 10.2 Å². The molecule has 9 nitrogen and oxygen atoms in total. The first-order valence-corrected chi connectivity index (χ1v) is 15.6. The average molecular weight is 790 g/mol. The molecule has 0 aliphatic rings. The van der Waals surface area contributed by atoms with Gasteiger partial charge in [-0.25, -0.2) is 0 Å². The number of nitrogens with one attached hydrogen (secondary N) is 1. The SMILES string of the molecule is C.C[C@@H](CCCCNC(=O)CC[C@H](CC(=O)CCCCCCCCCCCCCCCCC(=O)O)C(=O)O)C(=O)O.S.S.S.S.S.S. The van der Waals surface area contributed by atoms with Crippen molar-refractivity contribution in [3.05, 3.63) is 0 Å². The molecule has 0 radical (unpaired) electrons. The monoisotopic (exact) mass is 789 g/mol. The number of hydrogen-bond acceptors (Lipinski definition) is 5. The van der Waals surface area contributed by atoms with Gasteiger partial charge in [-0.2, -0.15) is 81.0 Å². The molecule has 288 valence electrons. The molecule has 0 aliphatic heterocycles. The van der Waals surface area contributed by atoms with Crippen LogP contribution in [-0.2, 0) is 24.0 Å². The molecule has 0 bridgehead atoms. The van der Waals surface area contributed by atoms with Gasteiger partial charge in [0.05, 0.1) is 11.8 Å². The van der Waals surface area contributed by atoms with Crippen LogP contribution < -0.4 is 5.32 Å². The Labute approximate surface area is 327 Å². The fourth-order valence-corrected chi connectivity index (χ4v) is 4.73. The molecule has 0 aliphatic carbocycles. The minimum atomic E-state index is -1.04. The Kier molecular flexibility index (Phi) is 63.2. The van der Waals surface area contributed by atoms with Crippen LogP contribution in [-0.4, -0.2) is 51.5 Å². The van der Waals surface area contributed by atoms with E-state index in [1.54, 1.807) is 6.92 Å². The number of ketones is 1. The number of aliphatic carboxylic acids is 3. The smallest absolute Gasteiger partial charge is 0.306 e. The lowest BCUT2D eigenvalue weighted by Gasteiger charge is -2.12. The highest BCUT2D eigenvalue weighted by molar-refractivity contribution is 7.60. The number of carboxylic acids is 3. The van der Waals surface area contributed by atoms with Gasteiger partial charge in [-0.05, 0) is 32.1 Å². The van der Waals surface area contributed by atoms with Crippen molar-refractivity contribution in [2.45, 2.75) is 156 Å². The average Bonchev–Trinajstić information content (AvgIpc) is 2.89. The first-order chi connectivity index (χ1) is 19.1. The number of carboxylic acid groups (broad SMARTS) is 3. The van der Waals surface area contributed by atoms with Crippen LogP contribution >= 0.6 is 81.0 Å². The highest BCUT2D eigenvalue weighted by atomic mass is 32.1. The minimum Gasteiger partial charge on any atom is -0.481 e. The molecule has 47 heavy (non-hydrogen) atoms. The number of rotatable bonds is 29. The summed E-state index contributed by atoms with van der Waals surface area (Å²) in [7, 11) is 0. The Morgan fingerprint density at radius 3 is 1.30 bits per heavy atom. The molecule has 0 fully saturated rings. The molecule has 0 spiro atoms. The molecule has 0 aromatic heterocycles. The van der Waals surface area contributed by atoms with E-state index in [0.717, 1.165) is 44.9 Å². The summed E-state index contributed by atoms with van der Waals surface area (Å²) in [6.07, 6.45) is 18.3. The van der Waals surface area contributed by atoms with E-state index in [-0.39, 0.29) is 126 Å². The maximum atomic E-state index is 12.3. The molecule has 0 saturated heterocycles. The van der Waals surface area contributed by atoms with E-state index in [9.17, 15) is 29.1 Å². The summed E-state index contributed by atoms with van der Waals surface area (Å²) in [6.45, 7) is 2.08. The molecule has 0 rings (SSSR count). The molecule has 0 aromatic rings. The van der Waals surface area contributed by atoms with Gasteiger partial charge in [0, 0.05) is 32.2 Å². The van der Waals surface area contributed by atoms with E-state index in [2.05, 4.69) is 5.32 Å². The van der Waals surface area contributed by atoms with Gasteiger partial charge in [-0.15, -0.1) is 0 Å². The summed E-state index contributed by atoms with van der Waals surface area (Å²) in [5.41, 5.74) is 0. The fourth-order valence-electron chi connectivity index (χ4n) is 4.73. The molecule has 0 aromatic carbocycles. The van der Waals surface area contributed by atoms with E-state index >= 15 is 0 Å². The maximum absolute atomic E-state index is 12.3. The van der Waals surface area contributed by atoms with Crippen LogP contribution in [0.2, 0.25) is 0 Å². The van der Waals surface area contributed by atoms with Crippen molar-refractivity contribution in [2.75, 3.05) is 6.54 Å². The van der Waals surface area contributed by atoms with Crippen LogP contribution in [0.15, 0.2) is 0 Å². The van der Waals surface area contributed by atoms with Gasteiger partial charge in [0.1, 0.15) is 5.78 Å². The van der Waals surface area contributed by atoms with Crippen molar-refractivity contribution >= 4 is 111 Å². The second-order valence-electron chi connectivity index (χ2n) is 11.2. The van der Waals surface area contributed by atoms with Crippen LogP contribution in [0.4, 0.5) is 0 Å². The van der Waals surface area contributed by atoms with E-state index in [1.807, 2.05) is 0 Å². The fraction of sp³-hybridized carbons (Fsp3) is 0.844. The lowest BCUT2D eigenvalue weighted by atomic mass is 9.94. The number of carbonyl (C=O) groups is 5. The molecule has 0 saturated carbocycles. The normalized spacial score (nSPS) is 10.7. The van der Waals surface area contributed by atoms with Crippen molar-refractivity contribution < 1.29 is 39.3 Å². The second-order valence-corrected chi connectivity index (χ2v) is 11.2.